The highest BCUT2D eigenvalue weighted by atomic mass is 31.1. The molecule has 0 bridgehead atoms. The van der Waals surface area contributed by atoms with Crippen LogP contribution in [-0.4, -0.2) is 5.66 Å². The summed E-state index contributed by atoms with van der Waals surface area (Å²) >= 11 is 0. The van der Waals surface area contributed by atoms with Gasteiger partial charge in [0.15, 0.2) is 0 Å². The van der Waals surface area contributed by atoms with Gasteiger partial charge in [-0.1, -0.05) is 13.8 Å². The Morgan fingerprint density at radius 1 is 1.67 bits per heavy atom. The number of rotatable bonds is 1. The molecule has 0 saturated heterocycles. The van der Waals surface area contributed by atoms with E-state index in [0.29, 0.717) is 5.66 Å². The topological polar surface area (TPSA) is 12.4 Å². The van der Waals surface area contributed by atoms with E-state index >= 15 is 0 Å². The van der Waals surface area contributed by atoms with Crippen molar-refractivity contribution in [2.75, 3.05) is 0 Å². The molecule has 0 saturated carbocycles. The Morgan fingerprint density at radius 3 is 2.17 bits per heavy atom. The summed E-state index contributed by atoms with van der Waals surface area (Å²) in [5.41, 5.74) is 0.627. The predicted octanol–water partition coefficient (Wildman–Crippen LogP) is 2.85. The first-order valence-electron chi connectivity index (χ1n) is 1.81. The lowest BCUT2D eigenvalue weighted by Gasteiger charge is -1.83. The van der Waals surface area contributed by atoms with E-state index in [9.17, 15) is 0 Å². The first-order valence-corrected chi connectivity index (χ1v) is 3.13. The lowest BCUT2D eigenvalue weighted by atomic mass is 10.6. The molecule has 0 spiro atoms. The molecule has 34 valence electrons. The van der Waals surface area contributed by atoms with Crippen LogP contribution in [0.3, 0.4) is 0 Å². The van der Waals surface area contributed by atoms with Crippen molar-refractivity contribution in [3.8, 4) is 0 Å². The Kier molecular flexibility index (Phi) is 4.04. The van der Waals surface area contributed by atoms with Gasteiger partial charge < -0.3 is 0 Å². The van der Waals surface area contributed by atoms with E-state index in [1.807, 2.05) is 0 Å². The maximum Gasteiger partial charge on any atom is 0.129 e. The van der Waals surface area contributed by atoms with Crippen LogP contribution in [0, 0.1) is 0 Å². The van der Waals surface area contributed by atoms with E-state index in [2.05, 4.69) is 27.8 Å². The van der Waals surface area contributed by atoms with Crippen molar-refractivity contribution in [2.24, 2.45) is 4.52 Å². The fourth-order valence-electron chi connectivity index (χ4n) is 0.103. The van der Waals surface area contributed by atoms with Gasteiger partial charge in [0.05, 0.1) is 0 Å². The van der Waals surface area contributed by atoms with Crippen LogP contribution in [-0.2, 0) is 0 Å². The first-order chi connectivity index (χ1) is 2.77. The standard InChI is InChI=1S/C3H7NP2/c1-3(2)6-4-5/h3H,1-2H3. The average Bonchev–Trinajstić information content (AvgIpc) is 1.35. The third-order valence-corrected chi connectivity index (χ3v) is 1.16. The maximum absolute atomic E-state index is 3.67. The zero-order valence-corrected chi connectivity index (χ0v) is 5.71. The minimum Gasteiger partial charge on any atom is -0.231 e. The fraction of sp³-hybridized carbons (Fsp3) is 1.00. The molecule has 0 amide bonds. The molecule has 0 aliphatic rings. The van der Waals surface area contributed by atoms with Crippen molar-refractivity contribution in [3.05, 3.63) is 0 Å². The van der Waals surface area contributed by atoms with Gasteiger partial charge in [-0.3, -0.25) is 0 Å². The molecule has 3 heteroatoms. The number of hydrogen-bond donors (Lipinski definition) is 0. The molecule has 0 atom stereocenters. The number of nitrogens with zero attached hydrogens (tertiary/aromatic N) is 1. The molecule has 1 nitrogen and oxygen atoms in total. The molecule has 0 aliphatic heterocycles. The fourth-order valence-corrected chi connectivity index (χ4v) is 0.930. The zero-order chi connectivity index (χ0) is 4.99. The molecule has 0 rings (SSSR count). The summed E-state index contributed by atoms with van der Waals surface area (Å²) in [5.74, 6) is 0. The Hall–Kier alpha value is 0.530. The molecule has 0 aromatic heterocycles. The Labute approximate surface area is 42.7 Å². The summed E-state index contributed by atoms with van der Waals surface area (Å²) in [5, 5.41) is 0. The molecule has 0 fully saturated rings. The summed E-state index contributed by atoms with van der Waals surface area (Å²) in [4.78, 5) is 0. The van der Waals surface area contributed by atoms with Gasteiger partial charge in [-0.2, -0.15) is 0 Å². The molecule has 2 radical (unpaired) electrons. The average molecular weight is 119 g/mol. The van der Waals surface area contributed by atoms with E-state index in [4.69, 9.17) is 0 Å². The summed E-state index contributed by atoms with van der Waals surface area (Å²) in [6, 6.07) is 0. The number of hydrogen-bond acceptors (Lipinski definition) is 1. The third-order valence-electron chi connectivity index (χ3n) is 0.283. The quantitative estimate of drug-likeness (QED) is 0.470. The van der Waals surface area contributed by atoms with Crippen LogP contribution in [0.2, 0.25) is 0 Å². The molecule has 6 heavy (non-hydrogen) atoms. The van der Waals surface area contributed by atoms with Crippen LogP contribution in [0.5, 0.6) is 0 Å². The molecule has 0 heterocycles. The van der Waals surface area contributed by atoms with Crippen molar-refractivity contribution >= 4 is 17.8 Å². The maximum atomic E-state index is 3.67. The summed E-state index contributed by atoms with van der Waals surface area (Å²) < 4.78 is 3.60. The van der Waals surface area contributed by atoms with Crippen LogP contribution in [0.1, 0.15) is 13.8 Å². The van der Waals surface area contributed by atoms with E-state index < -0.39 is 0 Å². The SMILES string of the molecule is CC(C)P=N[P]. The molecule has 0 unspecified atom stereocenters. The van der Waals surface area contributed by atoms with E-state index in [1.165, 1.54) is 0 Å². The third kappa shape index (κ3) is 4.53. The van der Waals surface area contributed by atoms with Gasteiger partial charge >= 0.3 is 0 Å². The summed E-state index contributed by atoms with van der Waals surface area (Å²) in [7, 11) is 4.74. The second-order valence-electron chi connectivity index (χ2n) is 1.30. The van der Waals surface area contributed by atoms with Crippen LogP contribution < -0.4 is 0 Å². The normalized spacial score (nSPS) is 11.3. The van der Waals surface area contributed by atoms with Crippen molar-refractivity contribution in [1.29, 1.82) is 0 Å². The Bertz CT molecular complexity index is 50.8. The smallest absolute Gasteiger partial charge is 0.129 e. The highest BCUT2D eigenvalue weighted by molar-refractivity contribution is 7.35. The molecule has 0 aromatic rings. The van der Waals surface area contributed by atoms with Crippen LogP contribution in [0.15, 0.2) is 4.52 Å². The van der Waals surface area contributed by atoms with Gasteiger partial charge in [-0.25, -0.2) is 4.52 Å². The Morgan fingerprint density at radius 2 is 2.17 bits per heavy atom. The Balaban J connectivity index is 3.03. The monoisotopic (exact) mass is 119 g/mol. The molecule has 0 aromatic carbocycles. The molecule has 0 N–H and O–H groups in total. The highest BCUT2D eigenvalue weighted by Gasteiger charge is 1.80. The molecular formula is C3H7NP2. The summed E-state index contributed by atoms with van der Waals surface area (Å²) in [6.07, 6.45) is 0. The van der Waals surface area contributed by atoms with Gasteiger partial charge in [0.1, 0.15) is 9.39 Å². The van der Waals surface area contributed by atoms with E-state index in [1.54, 1.807) is 0 Å². The lowest BCUT2D eigenvalue weighted by molar-refractivity contribution is 1.11. The van der Waals surface area contributed by atoms with E-state index in [0.717, 1.165) is 8.37 Å². The van der Waals surface area contributed by atoms with Gasteiger partial charge in [0.2, 0.25) is 0 Å². The second kappa shape index (κ2) is 3.71. The van der Waals surface area contributed by atoms with Crippen LogP contribution in [0.25, 0.3) is 0 Å². The summed E-state index contributed by atoms with van der Waals surface area (Å²) in [6.45, 7) is 4.20. The minimum absolute atomic E-state index is 0.627. The van der Waals surface area contributed by atoms with Crippen LogP contribution in [0.4, 0.5) is 0 Å². The highest BCUT2D eigenvalue weighted by Crippen LogP contribution is 2.10. The van der Waals surface area contributed by atoms with Crippen molar-refractivity contribution in [1.82, 2.24) is 0 Å². The minimum atomic E-state index is 0.627. The van der Waals surface area contributed by atoms with Crippen molar-refractivity contribution < 1.29 is 0 Å². The first kappa shape index (κ1) is 6.53. The zero-order valence-electron chi connectivity index (χ0n) is 3.92. The van der Waals surface area contributed by atoms with Gasteiger partial charge in [0, 0.05) is 14.0 Å². The molecular weight excluding hydrogens is 112 g/mol. The second-order valence-corrected chi connectivity index (χ2v) is 3.28. The lowest BCUT2D eigenvalue weighted by Crippen LogP contribution is -1.72. The van der Waals surface area contributed by atoms with Gasteiger partial charge in [0.25, 0.3) is 0 Å². The van der Waals surface area contributed by atoms with Crippen molar-refractivity contribution in [3.63, 3.8) is 0 Å². The van der Waals surface area contributed by atoms with Crippen LogP contribution >= 0.6 is 17.8 Å². The van der Waals surface area contributed by atoms with Crippen molar-refractivity contribution in [2.45, 2.75) is 19.5 Å². The predicted molar refractivity (Wildman–Crippen MR) is 31.4 cm³/mol. The largest absolute Gasteiger partial charge is 0.231 e. The van der Waals surface area contributed by atoms with Gasteiger partial charge in [-0.15, -0.1) is 0 Å². The molecule has 0 aliphatic carbocycles. The van der Waals surface area contributed by atoms with E-state index in [-0.39, 0.29) is 0 Å². The van der Waals surface area contributed by atoms with Gasteiger partial charge in [-0.05, 0) is 0 Å².